The molecule has 1 aliphatic heterocycles. The number of piperidine rings is 1. The summed E-state index contributed by atoms with van der Waals surface area (Å²) in [5.74, 6) is 0.923. The molecule has 1 saturated heterocycles. The van der Waals surface area contributed by atoms with Gasteiger partial charge in [-0.3, -0.25) is 0 Å². The molecule has 2 N–H and O–H groups in total. The smallest absolute Gasteiger partial charge is 0.185 e. The minimum atomic E-state index is 0.0594. The molecule has 1 aliphatic carbocycles. The number of nitrogens with two attached hydrogens (primary N) is 1. The predicted octanol–water partition coefficient (Wildman–Crippen LogP) is 2.93. The number of nitrogens with zero attached hydrogens (tertiary/aromatic N) is 2. The fourth-order valence-electron chi connectivity index (χ4n) is 3.31. The number of anilines is 1. The highest BCUT2D eigenvalue weighted by atomic mass is 32.1. The molecule has 0 aromatic carbocycles. The van der Waals surface area contributed by atoms with Crippen LogP contribution in [-0.2, 0) is 0 Å². The molecular formula is C13H21N3S. The zero-order valence-electron chi connectivity index (χ0n) is 10.4. The van der Waals surface area contributed by atoms with Crippen molar-refractivity contribution in [1.29, 1.82) is 0 Å². The molecule has 2 heterocycles. The molecule has 0 spiro atoms. The predicted molar refractivity (Wildman–Crippen MR) is 72.4 cm³/mol. The highest BCUT2D eigenvalue weighted by molar-refractivity contribution is 7.13. The lowest BCUT2D eigenvalue weighted by atomic mass is 9.92. The third-order valence-corrected chi connectivity index (χ3v) is 5.11. The van der Waals surface area contributed by atoms with E-state index in [0.717, 1.165) is 17.7 Å². The lowest BCUT2D eigenvalue weighted by Gasteiger charge is -2.37. The second kappa shape index (κ2) is 4.58. The molecule has 0 amide bonds. The highest BCUT2D eigenvalue weighted by Crippen LogP contribution is 2.40. The van der Waals surface area contributed by atoms with Crippen molar-refractivity contribution in [3.63, 3.8) is 0 Å². The third kappa shape index (κ3) is 2.08. The Morgan fingerprint density at radius 1 is 1.41 bits per heavy atom. The summed E-state index contributed by atoms with van der Waals surface area (Å²) >= 11 is 1.77. The Balaban J connectivity index is 1.81. The van der Waals surface area contributed by atoms with Crippen LogP contribution in [0.4, 0.5) is 5.13 Å². The highest BCUT2D eigenvalue weighted by Gasteiger charge is 2.36. The summed E-state index contributed by atoms with van der Waals surface area (Å²) in [6, 6.07) is 0.819. The van der Waals surface area contributed by atoms with Crippen LogP contribution in [0.3, 0.4) is 0 Å². The van der Waals surface area contributed by atoms with Crippen molar-refractivity contribution in [2.75, 3.05) is 11.4 Å². The van der Waals surface area contributed by atoms with E-state index in [1.807, 2.05) is 6.92 Å². The standard InChI is InChI=1S/C13H21N3S/c1-9(14)11-8-17-13(15-11)16-7-3-5-10-4-2-6-12(10)16/h8-10,12H,2-7,14H2,1H3. The van der Waals surface area contributed by atoms with E-state index in [0.29, 0.717) is 0 Å². The molecule has 1 aromatic heterocycles. The first-order valence-corrected chi connectivity index (χ1v) is 7.61. The van der Waals surface area contributed by atoms with Crippen molar-refractivity contribution in [3.05, 3.63) is 11.1 Å². The normalized spacial score (nSPS) is 30.4. The van der Waals surface area contributed by atoms with Gasteiger partial charge in [-0.1, -0.05) is 6.42 Å². The zero-order chi connectivity index (χ0) is 11.8. The van der Waals surface area contributed by atoms with E-state index >= 15 is 0 Å². The van der Waals surface area contributed by atoms with E-state index in [-0.39, 0.29) is 6.04 Å². The van der Waals surface area contributed by atoms with Crippen molar-refractivity contribution < 1.29 is 0 Å². The molecule has 3 nitrogen and oxygen atoms in total. The summed E-state index contributed by atoms with van der Waals surface area (Å²) in [4.78, 5) is 7.27. The van der Waals surface area contributed by atoms with Crippen LogP contribution in [0.1, 0.15) is 50.8 Å². The van der Waals surface area contributed by atoms with Gasteiger partial charge in [0.1, 0.15) is 0 Å². The first-order valence-electron chi connectivity index (χ1n) is 6.73. The molecule has 3 rings (SSSR count). The van der Waals surface area contributed by atoms with Crippen molar-refractivity contribution in [2.24, 2.45) is 11.7 Å². The molecule has 0 radical (unpaired) electrons. The van der Waals surface area contributed by atoms with Gasteiger partial charge in [-0.2, -0.15) is 0 Å². The van der Waals surface area contributed by atoms with E-state index < -0.39 is 0 Å². The van der Waals surface area contributed by atoms with Gasteiger partial charge in [0, 0.05) is 24.0 Å². The maximum Gasteiger partial charge on any atom is 0.185 e. The van der Waals surface area contributed by atoms with Crippen molar-refractivity contribution in [3.8, 4) is 0 Å². The third-order valence-electron chi connectivity index (χ3n) is 4.22. The Bertz CT molecular complexity index is 388. The van der Waals surface area contributed by atoms with E-state index in [9.17, 15) is 0 Å². The maximum absolute atomic E-state index is 5.89. The Morgan fingerprint density at radius 2 is 2.24 bits per heavy atom. The van der Waals surface area contributed by atoms with Gasteiger partial charge in [0.05, 0.1) is 5.69 Å². The molecule has 2 aliphatic rings. The molecule has 3 unspecified atom stereocenters. The quantitative estimate of drug-likeness (QED) is 0.878. The monoisotopic (exact) mass is 251 g/mol. The van der Waals surface area contributed by atoms with E-state index in [2.05, 4.69) is 10.3 Å². The first kappa shape index (κ1) is 11.5. The van der Waals surface area contributed by atoms with Gasteiger partial charge in [0.15, 0.2) is 5.13 Å². The Labute approximate surface area is 107 Å². The van der Waals surface area contributed by atoms with Gasteiger partial charge < -0.3 is 10.6 Å². The Hall–Kier alpha value is -0.610. The summed E-state index contributed by atoms with van der Waals surface area (Å²) in [5.41, 5.74) is 6.94. The SMILES string of the molecule is CC(N)c1csc(N2CCCC3CCCC32)n1. The van der Waals surface area contributed by atoms with E-state index in [4.69, 9.17) is 10.7 Å². The zero-order valence-corrected chi connectivity index (χ0v) is 11.2. The summed E-state index contributed by atoms with van der Waals surface area (Å²) < 4.78 is 0. The summed E-state index contributed by atoms with van der Waals surface area (Å²) in [7, 11) is 0. The fourth-order valence-corrected chi connectivity index (χ4v) is 4.32. The minimum Gasteiger partial charge on any atom is -0.345 e. The number of thiazole rings is 1. The van der Waals surface area contributed by atoms with Crippen LogP contribution in [0.25, 0.3) is 0 Å². The largest absolute Gasteiger partial charge is 0.345 e. The van der Waals surface area contributed by atoms with Gasteiger partial charge in [-0.05, 0) is 38.5 Å². The number of hydrogen-bond acceptors (Lipinski definition) is 4. The van der Waals surface area contributed by atoms with Crippen LogP contribution in [-0.4, -0.2) is 17.6 Å². The molecule has 1 saturated carbocycles. The molecular weight excluding hydrogens is 230 g/mol. The van der Waals surface area contributed by atoms with Crippen molar-refractivity contribution in [2.45, 2.75) is 51.1 Å². The molecule has 94 valence electrons. The van der Waals surface area contributed by atoms with Crippen LogP contribution in [0.2, 0.25) is 0 Å². The molecule has 17 heavy (non-hydrogen) atoms. The molecule has 2 fully saturated rings. The number of aromatic nitrogens is 1. The van der Waals surface area contributed by atoms with Gasteiger partial charge >= 0.3 is 0 Å². The van der Waals surface area contributed by atoms with Crippen LogP contribution < -0.4 is 10.6 Å². The molecule has 4 heteroatoms. The van der Waals surface area contributed by atoms with E-state index in [1.165, 1.54) is 43.8 Å². The van der Waals surface area contributed by atoms with Crippen LogP contribution in [0.5, 0.6) is 0 Å². The van der Waals surface area contributed by atoms with Crippen molar-refractivity contribution in [1.82, 2.24) is 4.98 Å². The maximum atomic E-state index is 5.89. The van der Waals surface area contributed by atoms with E-state index in [1.54, 1.807) is 11.3 Å². The van der Waals surface area contributed by atoms with Gasteiger partial charge in [0.2, 0.25) is 0 Å². The average Bonchev–Trinajstić information content (AvgIpc) is 2.97. The second-order valence-corrected chi connectivity index (χ2v) is 6.27. The van der Waals surface area contributed by atoms with Gasteiger partial charge in [-0.25, -0.2) is 4.98 Å². The number of rotatable bonds is 2. The van der Waals surface area contributed by atoms with Gasteiger partial charge in [-0.15, -0.1) is 11.3 Å². The summed E-state index contributed by atoms with van der Waals surface area (Å²) in [5, 5.41) is 3.33. The number of fused-ring (bicyclic) bond motifs is 1. The lowest BCUT2D eigenvalue weighted by Crippen LogP contribution is -2.42. The van der Waals surface area contributed by atoms with Gasteiger partial charge in [0.25, 0.3) is 0 Å². The lowest BCUT2D eigenvalue weighted by molar-refractivity contribution is 0.362. The Morgan fingerprint density at radius 3 is 3.00 bits per heavy atom. The summed E-state index contributed by atoms with van der Waals surface area (Å²) in [6.07, 6.45) is 6.93. The van der Waals surface area contributed by atoms with Crippen molar-refractivity contribution >= 4 is 16.5 Å². The second-order valence-electron chi connectivity index (χ2n) is 5.44. The Kier molecular flexibility index (Phi) is 3.09. The molecule has 1 aromatic rings. The fraction of sp³-hybridized carbons (Fsp3) is 0.769. The summed E-state index contributed by atoms with van der Waals surface area (Å²) in [6.45, 7) is 3.19. The molecule has 0 bridgehead atoms. The van der Waals surface area contributed by atoms with Crippen LogP contribution in [0, 0.1) is 5.92 Å². The first-order chi connectivity index (χ1) is 8.25. The minimum absolute atomic E-state index is 0.0594. The molecule has 3 atom stereocenters. The van der Waals surface area contributed by atoms with Crippen LogP contribution >= 0.6 is 11.3 Å². The average molecular weight is 251 g/mol. The number of hydrogen-bond donors (Lipinski definition) is 1. The van der Waals surface area contributed by atoms with Crippen LogP contribution in [0.15, 0.2) is 5.38 Å². The topological polar surface area (TPSA) is 42.1 Å².